The van der Waals surface area contributed by atoms with Gasteiger partial charge in [-0.3, -0.25) is 9.69 Å². The van der Waals surface area contributed by atoms with Crippen molar-refractivity contribution in [2.75, 3.05) is 18.0 Å². The number of ether oxygens (including phenoxy) is 1. The summed E-state index contributed by atoms with van der Waals surface area (Å²) in [5, 5.41) is 2.59. The van der Waals surface area contributed by atoms with Crippen LogP contribution in [0.2, 0.25) is 0 Å². The minimum absolute atomic E-state index is 0.204. The molecule has 3 rings (SSSR count). The van der Waals surface area contributed by atoms with Crippen LogP contribution in [-0.2, 0) is 9.53 Å². The van der Waals surface area contributed by atoms with Crippen molar-refractivity contribution in [3.63, 3.8) is 0 Å². The number of rotatable bonds is 4. The summed E-state index contributed by atoms with van der Waals surface area (Å²) in [5.41, 5.74) is 0.684. The number of nitrogens with one attached hydrogen (secondary N) is 2. The Labute approximate surface area is 145 Å². The van der Waals surface area contributed by atoms with E-state index in [2.05, 4.69) is 31.2 Å². The van der Waals surface area contributed by atoms with Crippen LogP contribution in [0.15, 0.2) is 29.0 Å². The molecule has 0 radical (unpaired) electrons. The molecule has 2 amide bonds. The van der Waals surface area contributed by atoms with Gasteiger partial charge in [-0.05, 0) is 34.1 Å². The van der Waals surface area contributed by atoms with E-state index in [9.17, 15) is 14.0 Å². The van der Waals surface area contributed by atoms with Crippen LogP contribution in [0.1, 0.15) is 6.92 Å². The molecule has 1 aliphatic heterocycles. The molecular weight excluding hydrogens is 383 g/mol. The predicted molar refractivity (Wildman–Crippen MR) is 88.0 cm³/mol. The Morgan fingerprint density at radius 3 is 3.00 bits per heavy atom. The Bertz CT molecular complexity index is 795. The Hall–Kier alpha value is -2.42. The molecule has 9 heteroatoms. The smallest absolute Gasteiger partial charge is 0.414 e. The molecule has 1 saturated heterocycles. The second-order valence-electron chi connectivity index (χ2n) is 5.30. The van der Waals surface area contributed by atoms with E-state index in [1.807, 2.05) is 0 Å². The molecule has 0 aliphatic carbocycles. The monoisotopic (exact) mass is 396 g/mol. The highest BCUT2D eigenvalue weighted by molar-refractivity contribution is 9.10. The van der Waals surface area contributed by atoms with Gasteiger partial charge in [0.2, 0.25) is 5.91 Å². The molecule has 1 atom stereocenters. The molecular formula is C15H14BrFN4O3. The summed E-state index contributed by atoms with van der Waals surface area (Å²) >= 11 is 3.22. The highest BCUT2D eigenvalue weighted by Crippen LogP contribution is 2.28. The van der Waals surface area contributed by atoms with Gasteiger partial charge >= 0.3 is 6.09 Å². The van der Waals surface area contributed by atoms with Gasteiger partial charge in [-0.2, -0.15) is 0 Å². The zero-order valence-corrected chi connectivity index (χ0v) is 14.3. The molecule has 2 aromatic rings. The highest BCUT2D eigenvalue weighted by Gasteiger charge is 2.32. The van der Waals surface area contributed by atoms with Gasteiger partial charge in [0.05, 0.1) is 30.5 Å². The average Bonchev–Trinajstić information content (AvgIpc) is 3.11. The topological polar surface area (TPSA) is 87.3 Å². The number of imidazole rings is 1. The van der Waals surface area contributed by atoms with Crippen molar-refractivity contribution in [3.8, 4) is 11.4 Å². The summed E-state index contributed by atoms with van der Waals surface area (Å²) in [6, 6.07) is 4.43. The molecule has 7 nitrogen and oxygen atoms in total. The van der Waals surface area contributed by atoms with Gasteiger partial charge in [-0.25, -0.2) is 14.2 Å². The third-order valence-corrected chi connectivity index (χ3v) is 3.92. The fraction of sp³-hybridized carbons (Fsp3) is 0.267. The number of carbonyl (C=O) groups is 2. The number of aromatic amines is 1. The van der Waals surface area contributed by atoms with Crippen LogP contribution in [0.3, 0.4) is 0 Å². The van der Waals surface area contributed by atoms with Gasteiger partial charge in [0.1, 0.15) is 22.3 Å². The first kappa shape index (κ1) is 16.4. The maximum absolute atomic E-state index is 14.4. The number of cyclic esters (lactones) is 1. The summed E-state index contributed by atoms with van der Waals surface area (Å²) in [6.45, 7) is 1.85. The van der Waals surface area contributed by atoms with E-state index in [1.54, 1.807) is 12.1 Å². The van der Waals surface area contributed by atoms with E-state index in [4.69, 9.17) is 4.74 Å². The zero-order valence-electron chi connectivity index (χ0n) is 12.7. The molecule has 1 aromatic heterocycles. The van der Waals surface area contributed by atoms with E-state index < -0.39 is 18.0 Å². The number of H-pyrrole nitrogens is 1. The fourth-order valence-corrected chi connectivity index (χ4v) is 2.69. The van der Waals surface area contributed by atoms with Crippen molar-refractivity contribution in [2.24, 2.45) is 0 Å². The predicted octanol–water partition coefficient (Wildman–Crippen LogP) is 2.44. The van der Waals surface area contributed by atoms with E-state index in [1.165, 1.54) is 24.1 Å². The second-order valence-corrected chi connectivity index (χ2v) is 6.15. The third kappa shape index (κ3) is 3.40. The van der Waals surface area contributed by atoms with Crippen molar-refractivity contribution in [3.05, 3.63) is 34.8 Å². The van der Waals surface area contributed by atoms with Crippen molar-refractivity contribution >= 4 is 33.6 Å². The number of anilines is 1. The number of hydrogen-bond acceptors (Lipinski definition) is 4. The first-order valence-electron chi connectivity index (χ1n) is 7.17. The molecule has 126 valence electrons. The van der Waals surface area contributed by atoms with Crippen molar-refractivity contribution < 1.29 is 18.7 Å². The highest BCUT2D eigenvalue weighted by atomic mass is 79.9. The summed E-state index contributed by atoms with van der Waals surface area (Å²) < 4.78 is 20.2. The molecule has 1 aromatic carbocycles. The van der Waals surface area contributed by atoms with E-state index in [0.29, 0.717) is 21.7 Å². The minimum Gasteiger partial charge on any atom is -0.442 e. The molecule has 1 aliphatic rings. The largest absolute Gasteiger partial charge is 0.442 e. The lowest BCUT2D eigenvalue weighted by Crippen LogP contribution is -2.33. The lowest BCUT2D eigenvalue weighted by Gasteiger charge is -2.14. The van der Waals surface area contributed by atoms with Gasteiger partial charge in [0.15, 0.2) is 0 Å². The lowest BCUT2D eigenvalue weighted by molar-refractivity contribution is -0.119. The van der Waals surface area contributed by atoms with Crippen LogP contribution < -0.4 is 10.2 Å². The number of hydrogen-bond donors (Lipinski definition) is 2. The molecule has 24 heavy (non-hydrogen) atoms. The van der Waals surface area contributed by atoms with Gasteiger partial charge < -0.3 is 15.0 Å². The number of nitrogens with zero attached hydrogens (tertiary/aromatic N) is 2. The molecule has 0 bridgehead atoms. The van der Waals surface area contributed by atoms with Crippen LogP contribution in [0.4, 0.5) is 14.9 Å². The Balaban J connectivity index is 1.77. The molecule has 0 spiro atoms. The van der Waals surface area contributed by atoms with E-state index in [0.717, 1.165) is 0 Å². The standard InChI is InChI=1S/C15H14BrFN4O3/c1-8(22)18-5-10-7-21(15(23)24-10)9-2-3-11(12(17)4-9)14-19-6-13(16)20-14/h2-4,6,10H,5,7H2,1H3,(H,18,22)(H,19,20)/t10-/m0/s1. The first-order chi connectivity index (χ1) is 11.4. The van der Waals surface area contributed by atoms with Gasteiger partial charge in [-0.1, -0.05) is 0 Å². The summed E-state index contributed by atoms with van der Waals surface area (Å²) in [5.74, 6) is -0.324. The van der Waals surface area contributed by atoms with Crippen molar-refractivity contribution in [1.29, 1.82) is 0 Å². The quantitative estimate of drug-likeness (QED) is 0.830. The van der Waals surface area contributed by atoms with Crippen molar-refractivity contribution in [1.82, 2.24) is 15.3 Å². The second kappa shape index (κ2) is 6.60. The fourth-order valence-electron chi connectivity index (χ4n) is 2.40. The molecule has 2 heterocycles. The minimum atomic E-state index is -0.571. The maximum atomic E-state index is 14.4. The van der Waals surface area contributed by atoms with Crippen LogP contribution in [-0.4, -0.2) is 41.2 Å². The Morgan fingerprint density at radius 2 is 2.38 bits per heavy atom. The zero-order chi connectivity index (χ0) is 17.3. The number of benzene rings is 1. The molecule has 1 fully saturated rings. The number of halogens is 2. The molecule has 0 saturated carbocycles. The lowest BCUT2D eigenvalue weighted by atomic mass is 10.1. The van der Waals surface area contributed by atoms with Crippen molar-refractivity contribution in [2.45, 2.75) is 13.0 Å². The average molecular weight is 397 g/mol. The van der Waals surface area contributed by atoms with Crippen LogP contribution in [0.5, 0.6) is 0 Å². The summed E-state index contributed by atoms with van der Waals surface area (Å²) in [4.78, 5) is 31.1. The molecule has 2 N–H and O–H groups in total. The third-order valence-electron chi connectivity index (χ3n) is 3.52. The number of carbonyl (C=O) groups excluding carboxylic acids is 2. The van der Waals surface area contributed by atoms with Gasteiger partial charge in [0, 0.05) is 6.92 Å². The SMILES string of the molecule is CC(=O)NC[C@H]1CN(c2ccc(-c3ncc(Br)[nH]3)c(F)c2)C(=O)O1. The first-order valence-corrected chi connectivity index (χ1v) is 7.96. The number of amides is 2. The van der Waals surface area contributed by atoms with E-state index >= 15 is 0 Å². The Kier molecular flexibility index (Phi) is 4.52. The van der Waals surface area contributed by atoms with Crippen LogP contribution in [0, 0.1) is 5.82 Å². The van der Waals surface area contributed by atoms with Gasteiger partial charge in [0.25, 0.3) is 0 Å². The van der Waals surface area contributed by atoms with Gasteiger partial charge in [-0.15, -0.1) is 0 Å². The maximum Gasteiger partial charge on any atom is 0.414 e. The normalized spacial score (nSPS) is 17.0. The van der Waals surface area contributed by atoms with E-state index in [-0.39, 0.29) is 19.0 Å². The summed E-state index contributed by atoms with van der Waals surface area (Å²) in [6.07, 6.45) is 0.496. The number of aromatic nitrogens is 2. The van der Waals surface area contributed by atoms with Crippen LogP contribution in [0.25, 0.3) is 11.4 Å². The van der Waals surface area contributed by atoms with Crippen LogP contribution >= 0.6 is 15.9 Å². The Morgan fingerprint density at radius 1 is 1.58 bits per heavy atom. The summed E-state index contributed by atoms with van der Waals surface area (Å²) in [7, 11) is 0. The molecule has 0 unspecified atom stereocenters.